The number of imidazole rings is 3. The van der Waals surface area contributed by atoms with Gasteiger partial charge in [0.05, 0.1) is 50.2 Å². The summed E-state index contributed by atoms with van der Waals surface area (Å²) in [6.07, 6.45) is 0. The van der Waals surface area contributed by atoms with Crippen molar-refractivity contribution < 1.29 is 13.7 Å². The van der Waals surface area contributed by atoms with Gasteiger partial charge in [-0.25, -0.2) is 15.0 Å². The first-order chi connectivity index (χ1) is 68.9. The SMILES string of the molecule is Cc1nc2cccc3c2n1-c1ccc(-c2c4ccccc4c(-c4ccc5ccccc5c4)c4ccccc24)cc1P3(=O)c1ccccc1.Cc1nc2cccc3c2n1-c1ccc(-c2c4ccccc4c(-c4cccc5ccccc45)c4ccccc24)cc1P3(=O)c1ccccc1.Cc1nc2cccc3c2n1-c1ccc(-c2c4ccccc4c(-c4ccccc4)c4ccccc24)cc1P3(=O)c1ccccc1. The van der Waals surface area contributed by atoms with E-state index < -0.39 is 21.4 Å². The number of nitrogens with zero attached hydrogens (tertiary/aromatic N) is 6. The van der Waals surface area contributed by atoms with E-state index in [2.05, 4.69) is 329 Å². The number of rotatable bonds is 9. The number of fused-ring (bicyclic) bond motifs is 14. The van der Waals surface area contributed by atoms with E-state index >= 15 is 13.7 Å². The molecule has 0 saturated carbocycles. The summed E-state index contributed by atoms with van der Waals surface area (Å²) in [4.78, 5) is 14.7. The van der Waals surface area contributed by atoms with E-state index in [4.69, 9.17) is 15.0 Å². The van der Waals surface area contributed by atoms with Crippen molar-refractivity contribution in [2.24, 2.45) is 0 Å². The zero-order valence-electron chi connectivity index (χ0n) is 76.6. The largest absolute Gasteiger partial charge is 0.308 e. The fourth-order valence-electron chi connectivity index (χ4n) is 23.4. The Morgan fingerprint density at radius 3 is 0.771 bits per heavy atom. The lowest BCUT2D eigenvalue weighted by atomic mass is 9.85. The van der Waals surface area contributed by atoms with Crippen LogP contribution in [0.5, 0.6) is 0 Å². The molecule has 660 valence electrons. The van der Waals surface area contributed by atoms with E-state index in [1.54, 1.807) is 0 Å². The number of benzene rings is 23. The van der Waals surface area contributed by atoms with E-state index in [0.717, 1.165) is 149 Å². The second-order valence-corrected chi connectivity index (χ2v) is 44.9. The molecule has 3 aliphatic heterocycles. The third kappa shape index (κ3) is 12.3. The van der Waals surface area contributed by atoms with Gasteiger partial charge in [-0.2, -0.15) is 0 Å². The number of aromatic nitrogens is 6. The van der Waals surface area contributed by atoms with Crippen molar-refractivity contribution in [2.45, 2.75) is 20.8 Å². The predicted octanol–water partition coefficient (Wildman–Crippen LogP) is 29.1. The molecule has 23 aromatic carbocycles. The molecule has 29 rings (SSSR count). The molecule has 0 saturated heterocycles. The van der Waals surface area contributed by atoms with Crippen LogP contribution in [0, 0.1) is 20.8 Å². The molecule has 6 heterocycles. The maximum Gasteiger partial charge on any atom is 0.175 e. The van der Waals surface area contributed by atoms with Crippen LogP contribution in [0.15, 0.2) is 461 Å². The summed E-state index contributed by atoms with van der Waals surface area (Å²) in [5.74, 6) is 2.67. The van der Waals surface area contributed by atoms with Crippen molar-refractivity contribution in [1.29, 1.82) is 0 Å². The molecule has 3 aromatic heterocycles. The summed E-state index contributed by atoms with van der Waals surface area (Å²) in [7, 11) is -9.76. The fourth-order valence-corrected chi connectivity index (χ4v) is 32.5. The van der Waals surface area contributed by atoms with Crippen molar-refractivity contribution in [1.82, 2.24) is 28.7 Å². The van der Waals surface area contributed by atoms with Crippen molar-refractivity contribution in [2.75, 3.05) is 0 Å². The number of aryl methyl sites for hydroxylation is 3. The van der Waals surface area contributed by atoms with Gasteiger partial charge in [-0.1, -0.05) is 382 Å². The minimum absolute atomic E-state index is 0.835. The van der Waals surface area contributed by atoms with Gasteiger partial charge in [0.1, 0.15) is 17.5 Å². The molecule has 26 aromatic rings. The molecule has 3 aliphatic rings. The van der Waals surface area contributed by atoms with Gasteiger partial charge in [0.2, 0.25) is 0 Å². The molecule has 0 amide bonds. The Hall–Kier alpha value is -16.8. The monoisotopic (exact) mass is 1850 g/mol. The Morgan fingerprint density at radius 1 is 0.186 bits per heavy atom. The summed E-state index contributed by atoms with van der Waals surface area (Å²) in [6.45, 7) is 6.10. The molecule has 0 spiro atoms. The maximum atomic E-state index is 15.9. The van der Waals surface area contributed by atoms with Gasteiger partial charge in [0.25, 0.3) is 0 Å². The van der Waals surface area contributed by atoms with Gasteiger partial charge in [-0.15, -0.1) is 0 Å². The zero-order chi connectivity index (χ0) is 93.4. The Labute approximate surface area is 808 Å². The van der Waals surface area contributed by atoms with Crippen LogP contribution >= 0.6 is 21.4 Å². The Balaban J connectivity index is 0.000000106. The Bertz CT molecular complexity index is 9750. The van der Waals surface area contributed by atoms with Crippen molar-refractivity contribution in [3.8, 4) is 83.8 Å². The molecule has 140 heavy (non-hydrogen) atoms. The van der Waals surface area contributed by atoms with Gasteiger partial charge in [0, 0.05) is 47.7 Å². The molecular weight excluding hydrogens is 1760 g/mol. The van der Waals surface area contributed by atoms with Crippen molar-refractivity contribution >= 4 is 188 Å². The van der Waals surface area contributed by atoms with Crippen LogP contribution in [0.4, 0.5) is 0 Å². The van der Waals surface area contributed by atoms with Crippen LogP contribution in [0.3, 0.4) is 0 Å². The molecule has 12 heteroatoms. The smallest absolute Gasteiger partial charge is 0.175 e. The number of para-hydroxylation sites is 3. The highest BCUT2D eigenvalue weighted by molar-refractivity contribution is 7.87. The molecule has 0 fully saturated rings. The van der Waals surface area contributed by atoms with Gasteiger partial charge in [-0.05, 0) is 253 Å². The first kappa shape index (κ1) is 82.7. The van der Waals surface area contributed by atoms with E-state index in [1.165, 1.54) is 120 Å². The summed E-state index contributed by atoms with van der Waals surface area (Å²) < 4.78 is 54.2. The normalized spacial score (nSPS) is 15.4. The average Bonchev–Trinajstić information content (AvgIpc) is 1.46. The zero-order valence-corrected chi connectivity index (χ0v) is 79.3. The topological polar surface area (TPSA) is 105 Å². The van der Waals surface area contributed by atoms with Gasteiger partial charge < -0.3 is 13.7 Å². The van der Waals surface area contributed by atoms with E-state index in [-0.39, 0.29) is 0 Å². The van der Waals surface area contributed by atoms with Crippen LogP contribution in [-0.2, 0) is 13.7 Å². The van der Waals surface area contributed by atoms with Crippen molar-refractivity contribution in [3.05, 3.63) is 479 Å². The molecule has 0 radical (unpaired) electrons. The van der Waals surface area contributed by atoms with Crippen LogP contribution in [0.25, 0.3) is 203 Å². The van der Waals surface area contributed by atoms with Gasteiger partial charge in [-0.3, -0.25) is 13.7 Å². The van der Waals surface area contributed by atoms with Crippen LogP contribution in [0.1, 0.15) is 17.5 Å². The Morgan fingerprint density at radius 2 is 0.436 bits per heavy atom. The summed E-state index contributed by atoms with van der Waals surface area (Å²) in [6, 6.07) is 161. The standard InChI is InChI=1S/2C44H29N2OP.C40H27N2OP/c1-28-45-38-23-12-24-40-44(38)46(28)39-26-25-30(27-41(39)48(40,47)31-15-3-2-4-16-31)42-34-18-7-9-20-36(34)43(37-21-10-8-19-35(37)42)33-22-11-14-29-13-5-6-17-32(29)33;1-28-45-38-20-11-21-40-44(38)46(28)39-25-24-32(27-41(39)48(40,47)33-14-3-2-4-15-33)43-36-18-9-7-16-34(36)42(35-17-8-10-19-37(35)43)31-23-22-29-12-5-6-13-30(29)26-31;1-26-41-34-21-12-22-36-40(34)42(26)35-24-23-28(25-37(35)44(36,43)29-15-6-3-7-16-29)39-32-19-10-8-17-30(32)38(27-13-4-2-5-14-27)31-18-9-11-20-33(31)39/h2*2-27H,1H3;2-25H,1H3. The highest BCUT2D eigenvalue weighted by atomic mass is 31.2. The van der Waals surface area contributed by atoms with E-state index in [0.29, 0.717) is 0 Å². The summed E-state index contributed by atoms with van der Waals surface area (Å²) in [5.41, 5.74) is 22.2. The number of hydrogen-bond acceptors (Lipinski definition) is 6. The molecule has 9 nitrogen and oxygen atoms in total. The van der Waals surface area contributed by atoms with Crippen LogP contribution < -0.4 is 47.7 Å². The molecule has 0 N–H and O–H groups in total. The third-order valence-corrected chi connectivity index (χ3v) is 38.6. The van der Waals surface area contributed by atoms with Crippen LogP contribution in [0.2, 0.25) is 0 Å². The lowest BCUT2D eigenvalue weighted by Crippen LogP contribution is -2.33. The van der Waals surface area contributed by atoms with E-state index in [9.17, 15) is 0 Å². The Kier molecular flexibility index (Phi) is 19.0. The average molecular weight is 1850 g/mol. The fraction of sp³-hybridized carbons (Fsp3) is 0.0234. The molecule has 0 aliphatic carbocycles. The second kappa shape index (κ2) is 32.2. The lowest BCUT2D eigenvalue weighted by molar-refractivity contribution is 0.591. The molecule has 3 unspecified atom stereocenters. The summed E-state index contributed by atoms with van der Waals surface area (Å²) >= 11 is 0. The minimum atomic E-state index is -3.26. The quantitative estimate of drug-likeness (QED) is 0.105. The van der Waals surface area contributed by atoms with Gasteiger partial charge >= 0.3 is 0 Å². The van der Waals surface area contributed by atoms with Crippen LogP contribution in [-0.4, -0.2) is 28.7 Å². The molecular formula is C128H85N6O3P3. The highest BCUT2D eigenvalue weighted by Gasteiger charge is 2.44. The predicted molar refractivity (Wildman–Crippen MR) is 589 cm³/mol. The first-order valence-corrected chi connectivity index (χ1v) is 52.7. The van der Waals surface area contributed by atoms with Gasteiger partial charge in [0.15, 0.2) is 21.4 Å². The lowest BCUT2D eigenvalue weighted by Gasteiger charge is -2.29. The summed E-state index contributed by atoms with van der Waals surface area (Å²) in [5, 5.41) is 26.7. The maximum absolute atomic E-state index is 15.9. The highest BCUT2D eigenvalue weighted by Crippen LogP contribution is 2.57. The van der Waals surface area contributed by atoms with E-state index in [1.807, 2.05) is 166 Å². The second-order valence-electron chi connectivity index (χ2n) is 36.8. The first-order valence-electron chi connectivity index (χ1n) is 47.6. The number of hydrogen-bond donors (Lipinski definition) is 0. The molecule has 0 bridgehead atoms. The molecule has 3 atom stereocenters. The third-order valence-electron chi connectivity index (χ3n) is 29.3. The van der Waals surface area contributed by atoms with Crippen molar-refractivity contribution in [3.63, 3.8) is 0 Å². The minimum Gasteiger partial charge on any atom is -0.308 e.